The van der Waals surface area contributed by atoms with Crippen LogP contribution in [0.5, 0.6) is 0 Å². The minimum Gasteiger partial charge on any atom is -0.481 e. The zero-order chi connectivity index (χ0) is 16.9. The van der Waals surface area contributed by atoms with Gasteiger partial charge in [-0.1, -0.05) is 31.1 Å². The van der Waals surface area contributed by atoms with Crippen molar-refractivity contribution >= 4 is 11.8 Å². The minimum atomic E-state index is -0.902. The summed E-state index contributed by atoms with van der Waals surface area (Å²) < 4.78 is 0. The third-order valence-corrected chi connectivity index (χ3v) is 5.66. The fourth-order valence-electron chi connectivity index (χ4n) is 4.47. The summed E-state index contributed by atoms with van der Waals surface area (Å²) in [6, 6.07) is 0. The van der Waals surface area contributed by atoms with Gasteiger partial charge >= 0.3 is 5.97 Å². The van der Waals surface area contributed by atoms with Crippen LogP contribution in [0.15, 0.2) is 22.8 Å². The van der Waals surface area contributed by atoms with Gasteiger partial charge in [0.25, 0.3) is 0 Å². The lowest BCUT2D eigenvalue weighted by Gasteiger charge is -2.24. The second-order valence-corrected chi connectivity index (χ2v) is 7.34. The first-order valence-electron chi connectivity index (χ1n) is 7.67. The molecule has 2 aliphatic rings. The van der Waals surface area contributed by atoms with Crippen molar-refractivity contribution < 1.29 is 14.7 Å². The van der Waals surface area contributed by atoms with Crippen LogP contribution in [0, 0.1) is 35.0 Å². The van der Waals surface area contributed by atoms with Crippen LogP contribution >= 0.6 is 0 Å². The van der Waals surface area contributed by atoms with Gasteiger partial charge in [0.15, 0.2) is 5.78 Å². The summed E-state index contributed by atoms with van der Waals surface area (Å²) in [5.74, 6) is 1.42. The molecule has 118 valence electrons. The highest BCUT2D eigenvalue weighted by Gasteiger charge is 2.78. The molecular formula is C19H24O3. The van der Waals surface area contributed by atoms with E-state index in [1.165, 1.54) is 0 Å². The van der Waals surface area contributed by atoms with Crippen molar-refractivity contribution in [3.8, 4) is 12.3 Å². The minimum absolute atomic E-state index is 0.0136. The first-order valence-corrected chi connectivity index (χ1v) is 7.67. The number of aliphatic carboxylic acids is 1. The van der Waals surface area contributed by atoms with E-state index in [2.05, 4.69) is 5.92 Å². The van der Waals surface area contributed by atoms with E-state index in [0.717, 1.165) is 11.1 Å². The van der Waals surface area contributed by atoms with Crippen LogP contribution in [-0.4, -0.2) is 16.9 Å². The summed E-state index contributed by atoms with van der Waals surface area (Å²) in [4.78, 5) is 24.5. The number of terminal acetylenes is 1. The van der Waals surface area contributed by atoms with Gasteiger partial charge in [-0.2, -0.15) is 0 Å². The van der Waals surface area contributed by atoms with E-state index in [1.807, 2.05) is 40.7 Å². The van der Waals surface area contributed by atoms with Gasteiger partial charge in [0.2, 0.25) is 0 Å². The van der Waals surface area contributed by atoms with E-state index in [0.29, 0.717) is 12.0 Å². The van der Waals surface area contributed by atoms with E-state index in [4.69, 9.17) is 6.42 Å². The highest BCUT2D eigenvalue weighted by atomic mass is 16.4. The van der Waals surface area contributed by atoms with Crippen molar-refractivity contribution in [1.29, 1.82) is 0 Å². The van der Waals surface area contributed by atoms with Crippen molar-refractivity contribution in [3.05, 3.63) is 22.8 Å². The van der Waals surface area contributed by atoms with Crippen molar-refractivity contribution in [2.24, 2.45) is 22.7 Å². The zero-order valence-corrected chi connectivity index (χ0v) is 14.0. The molecule has 2 rings (SSSR count). The van der Waals surface area contributed by atoms with Gasteiger partial charge in [-0.3, -0.25) is 9.59 Å². The average molecular weight is 300 g/mol. The van der Waals surface area contributed by atoms with Gasteiger partial charge in [-0.05, 0) is 26.2 Å². The van der Waals surface area contributed by atoms with E-state index >= 15 is 0 Å². The molecule has 1 saturated carbocycles. The van der Waals surface area contributed by atoms with Gasteiger partial charge in [0.1, 0.15) is 0 Å². The molecule has 0 heterocycles. The van der Waals surface area contributed by atoms with Crippen molar-refractivity contribution in [2.45, 2.75) is 47.5 Å². The average Bonchev–Trinajstić information content (AvgIpc) is 2.73. The molecule has 0 aliphatic heterocycles. The number of carboxylic acid groups (broad SMARTS) is 1. The van der Waals surface area contributed by atoms with Crippen LogP contribution in [0.1, 0.15) is 47.5 Å². The molecule has 0 bridgehead atoms. The molecule has 3 nitrogen and oxygen atoms in total. The summed E-state index contributed by atoms with van der Waals surface area (Å²) in [6.07, 6.45) is 7.96. The molecule has 0 amide bonds. The first-order chi connectivity index (χ1) is 10.1. The third kappa shape index (κ3) is 1.97. The van der Waals surface area contributed by atoms with E-state index in [1.54, 1.807) is 0 Å². The molecular weight excluding hydrogens is 276 g/mol. The molecule has 3 atom stereocenters. The molecule has 1 fully saturated rings. The third-order valence-electron chi connectivity index (χ3n) is 5.66. The van der Waals surface area contributed by atoms with Crippen molar-refractivity contribution in [3.63, 3.8) is 0 Å². The summed E-state index contributed by atoms with van der Waals surface area (Å²) >= 11 is 0. The van der Waals surface area contributed by atoms with E-state index in [-0.39, 0.29) is 29.5 Å². The predicted octanol–water partition coefficient (Wildman–Crippen LogP) is 3.61. The van der Waals surface area contributed by atoms with Crippen LogP contribution in [0.2, 0.25) is 0 Å². The summed E-state index contributed by atoms with van der Waals surface area (Å²) in [5.41, 5.74) is 1.36. The molecule has 3 heteroatoms. The van der Waals surface area contributed by atoms with Crippen LogP contribution in [0.3, 0.4) is 0 Å². The fraction of sp³-hybridized carbons (Fsp3) is 0.579. The molecule has 0 aromatic heterocycles. The van der Waals surface area contributed by atoms with E-state index < -0.39 is 11.4 Å². The maximum atomic E-state index is 12.3. The maximum absolute atomic E-state index is 12.3. The summed E-state index contributed by atoms with van der Waals surface area (Å²) in [5, 5.41) is 10.00. The number of carboxylic acids is 1. The van der Waals surface area contributed by atoms with Crippen LogP contribution in [0.4, 0.5) is 0 Å². The van der Waals surface area contributed by atoms with Crippen molar-refractivity contribution in [2.75, 3.05) is 0 Å². The molecule has 2 aliphatic carbocycles. The Hall–Kier alpha value is -1.82. The van der Waals surface area contributed by atoms with Crippen LogP contribution in [-0.2, 0) is 9.59 Å². The molecule has 22 heavy (non-hydrogen) atoms. The topological polar surface area (TPSA) is 54.4 Å². The summed E-state index contributed by atoms with van der Waals surface area (Å²) in [6.45, 7) is 9.81. The number of carbonyl (C=O) groups excluding carboxylic acids is 1. The number of hydrogen-bond donors (Lipinski definition) is 1. The van der Waals surface area contributed by atoms with Gasteiger partial charge in [0, 0.05) is 30.3 Å². The quantitative estimate of drug-likeness (QED) is 0.637. The zero-order valence-electron chi connectivity index (χ0n) is 14.0. The van der Waals surface area contributed by atoms with Gasteiger partial charge in [0.05, 0.1) is 5.41 Å². The largest absolute Gasteiger partial charge is 0.481 e. The second-order valence-electron chi connectivity index (χ2n) is 7.34. The second kappa shape index (κ2) is 5.12. The smallest absolute Gasteiger partial charge is 0.311 e. The highest BCUT2D eigenvalue weighted by Crippen LogP contribution is 2.75. The Labute approximate surface area is 132 Å². The Balaban J connectivity index is 2.53. The molecule has 0 saturated heterocycles. The molecule has 0 aromatic carbocycles. The highest BCUT2D eigenvalue weighted by molar-refractivity contribution is 6.01. The SMILES string of the molecule is C#CCC1=C(C)[C@H]([C@]2(C(=O)O)C(C=C(C)C)C2(C)C)CC1=O. The monoisotopic (exact) mass is 300 g/mol. The lowest BCUT2D eigenvalue weighted by molar-refractivity contribution is -0.147. The van der Waals surface area contributed by atoms with Gasteiger partial charge < -0.3 is 5.11 Å². The van der Waals surface area contributed by atoms with E-state index in [9.17, 15) is 14.7 Å². The molecule has 0 spiro atoms. The van der Waals surface area contributed by atoms with Crippen molar-refractivity contribution in [1.82, 2.24) is 0 Å². The lowest BCUT2D eigenvalue weighted by Crippen LogP contribution is -2.31. The molecule has 0 radical (unpaired) electrons. The fourth-order valence-corrected chi connectivity index (χ4v) is 4.47. The Morgan fingerprint density at radius 3 is 2.50 bits per heavy atom. The molecule has 0 aromatic rings. The molecule has 1 N–H and O–H groups in total. The number of rotatable bonds is 4. The van der Waals surface area contributed by atoms with Crippen LogP contribution < -0.4 is 0 Å². The Morgan fingerprint density at radius 2 is 2.05 bits per heavy atom. The Bertz CT molecular complexity index is 638. The Kier molecular flexibility index (Phi) is 3.85. The predicted molar refractivity (Wildman–Crippen MR) is 86.0 cm³/mol. The van der Waals surface area contributed by atoms with Gasteiger partial charge in [-0.25, -0.2) is 0 Å². The standard InChI is InChI=1S/C19H24O3/c1-7-8-13-12(4)14(10-15(13)20)19(17(21)22)16(9-11(2)3)18(19,5)6/h1,9,14,16H,8,10H2,2-6H3,(H,21,22)/t14-,16?,19-/m1/s1. The molecule has 1 unspecified atom stereocenters. The number of Topliss-reactive ketones (excluding diaryl/α,β-unsaturated/α-hetero) is 1. The summed E-state index contributed by atoms with van der Waals surface area (Å²) in [7, 11) is 0. The number of hydrogen-bond acceptors (Lipinski definition) is 2. The Morgan fingerprint density at radius 1 is 1.45 bits per heavy atom. The normalized spacial score (nSPS) is 32.6. The first kappa shape index (κ1) is 16.5. The number of ketones is 1. The maximum Gasteiger partial charge on any atom is 0.311 e. The van der Waals surface area contributed by atoms with Gasteiger partial charge in [-0.15, -0.1) is 12.3 Å². The number of carbonyl (C=O) groups is 2. The number of allylic oxidation sites excluding steroid dienone is 4. The van der Waals surface area contributed by atoms with Crippen LogP contribution in [0.25, 0.3) is 0 Å². The lowest BCUT2D eigenvalue weighted by atomic mass is 9.78.